The molecule has 0 spiro atoms. The molecule has 0 bridgehead atoms. The molecular formula is C13H17N5O2S. The summed E-state index contributed by atoms with van der Waals surface area (Å²) in [5.74, 6) is 1.58. The van der Waals surface area contributed by atoms with Gasteiger partial charge in [0.2, 0.25) is 10.0 Å². The minimum atomic E-state index is -3.49. The Hall–Kier alpha value is -2.19. The van der Waals surface area contributed by atoms with Gasteiger partial charge < -0.3 is 10.6 Å². The standard InChI is InChI=1S/C13H17N5O2S/c1-15-11-9-12(16-7-8-21(14,19)20)18-13(17-11)10-5-3-2-4-6-10/h2-6,9H,7-8H2,1H3,(H2,14,19,20)(H2,15,16,17,18). The van der Waals surface area contributed by atoms with Crippen molar-refractivity contribution < 1.29 is 8.42 Å². The third kappa shape index (κ3) is 4.69. The molecule has 0 fully saturated rings. The van der Waals surface area contributed by atoms with E-state index in [-0.39, 0.29) is 12.3 Å². The van der Waals surface area contributed by atoms with Gasteiger partial charge >= 0.3 is 0 Å². The van der Waals surface area contributed by atoms with Crippen LogP contribution in [-0.2, 0) is 10.0 Å². The minimum absolute atomic E-state index is 0.160. The number of sulfonamides is 1. The normalized spacial score (nSPS) is 11.1. The zero-order valence-corrected chi connectivity index (χ0v) is 12.4. The fourth-order valence-corrected chi connectivity index (χ4v) is 2.09. The summed E-state index contributed by atoms with van der Waals surface area (Å²) in [7, 11) is -1.74. The number of benzene rings is 1. The summed E-state index contributed by atoms with van der Waals surface area (Å²) in [5, 5.41) is 10.8. The van der Waals surface area contributed by atoms with Gasteiger partial charge in [0, 0.05) is 25.2 Å². The SMILES string of the molecule is CNc1cc(NCCS(N)(=O)=O)nc(-c2ccccc2)n1. The molecule has 0 amide bonds. The third-order valence-electron chi connectivity index (χ3n) is 2.71. The van der Waals surface area contributed by atoms with Gasteiger partial charge in [-0.3, -0.25) is 0 Å². The van der Waals surface area contributed by atoms with Crippen LogP contribution in [0.25, 0.3) is 11.4 Å². The van der Waals surface area contributed by atoms with Gasteiger partial charge in [0.15, 0.2) is 5.82 Å². The molecule has 1 aromatic carbocycles. The van der Waals surface area contributed by atoms with E-state index in [4.69, 9.17) is 5.14 Å². The van der Waals surface area contributed by atoms with Crippen molar-refractivity contribution in [1.82, 2.24) is 9.97 Å². The molecule has 0 saturated heterocycles. The largest absolute Gasteiger partial charge is 0.373 e. The number of hydrogen-bond donors (Lipinski definition) is 3. The Morgan fingerprint density at radius 3 is 2.43 bits per heavy atom. The van der Waals surface area contributed by atoms with E-state index in [1.165, 1.54) is 0 Å². The molecule has 0 aliphatic heterocycles. The molecule has 21 heavy (non-hydrogen) atoms. The van der Waals surface area contributed by atoms with Crippen molar-refractivity contribution in [3.63, 3.8) is 0 Å². The second-order valence-corrected chi connectivity index (χ2v) is 6.11. The quantitative estimate of drug-likeness (QED) is 0.731. The van der Waals surface area contributed by atoms with Crippen molar-refractivity contribution in [2.45, 2.75) is 0 Å². The van der Waals surface area contributed by atoms with Crippen LogP contribution >= 0.6 is 0 Å². The molecule has 112 valence electrons. The summed E-state index contributed by atoms with van der Waals surface area (Å²) < 4.78 is 21.9. The summed E-state index contributed by atoms with van der Waals surface area (Å²) in [6.45, 7) is 0.188. The summed E-state index contributed by atoms with van der Waals surface area (Å²) in [4.78, 5) is 8.75. The Morgan fingerprint density at radius 2 is 1.81 bits per heavy atom. The first-order valence-electron chi connectivity index (χ1n) is 6.34. The molecule has 1 heterocycles. The highest BCUT2D eigenvalue weighted by Crippen LogP contribution is 2.19. The first-order chi connectivity index (χ1) is 9.98. The fraction of sp³-hybridized carbons (Fsp3) is 0.231. The maximum absolute atomic E-state index is 10.9. The van der Waals surface area contributed by atoms with Gasteiger partial charge in [0.25, 0.3) is 0 Å². The van der Waals surface area contributed by atoms with Crippen molar-refractivity contribution in [3.05, 3.63) is 36.4 Å². The highest BCUT2D eigenvalue weighted by Gasteiger charge is 2.07. The molecule has 0 aliphatic rings. The van der Waals surface area contributed by atoms with Crippen LogP contribution in [0, 0.1) is 0 Å². The van der Waals surface area contributed by atoms with Crippen molar-refractivity contribution in [1.29, 1.82) is 0 Å². The molecule has 0 aliphatic carbocycles. The highest BCUT2D eigenvalue weighted by molar-refractivity contribution is 7.89. The van der Waals surface area contributed by atoms with Crippen LogP contribution in [0.1, 0.15) is 0 Å². The number of rotatable bonds is 6. The van der Waals surface area contributed by atoms with Crippen LogP contribution < -0.4 is 15.8 Å². The molecule has 0 unspecified atom stereocenters. The number of aromatic nitrogens is 2. The zero-order valence-electron chi connectivity index (χ0n) is 11.6. The fourth-order valence-electron chi connectivity index (χ4n) is 1.70. The third-order valence-corrected chi connectivity index (χ3v) is 3.48. The van der Waals surface area contributed by atoms with Crippen LogP contribution in [-0.4, -0.2) is 37.7 Å². The number of nitrogens with one attached hydrogen (secondary N) is 2. The van der Waals surface area contributed by atoms with E-state index < -0.39 is 10.0 Å². The highest BCUT2D eigenvalue weighted by atomic mass is 32.2. The lowest BCUT2D eigenvalue weighted by Gasteiger charge is -2.09. The van der Waals surface area contributed by atoms with E-state index in [1.807, 2.05) is 30.3 Å². The number of hydrogen-bond acceptors (Lipinski definition) is 6. The van der Waals surface area contributed by atoms with E-state index in [2.05, 4.69) is 20.6 Å². The Morgan fingerprint density at radius 1 is 1.14 bits per heavy atom. The van der Waals surface area contributed by atoms with E-state index in [1.54, 1.807) is 13.1 Å². The second-order valence-electron chi connectivity index (χ2n) is 4.37. The number of nitrogens with zero attached hydrogens (tertiary/aromatic N) is 2. The van der Waals surface area contributed by atoms with Gasteiger partial charge in [-0.25, -0.2) is 23.5 Å². The van der Waals surface area contributed by atoms with Crippen LogP contribution in [0.4, 0.5) is 11.6 Å². The zero-order chi connectivity index (χ0) is 15.3. The Kier molecular flexibility index (Phi) is 4.71. The van der Waals surface area contributed by atoms with E-state index in [9.17, 15) is 8.42 Å². The van der Waals surface area contributed by atoms with E-state index >= 15 is 0 Å². The first-order valence-corrected chi connectivity index (χ1v) is 8.06. The summed E-state index contributed by atoms with van der Waals surface area (Å²) in [5.41, 5.74) is 0.879. The molecule has 2 aromatic rings. The van der Waals surface area contributed by atoms with Gasteiger partial charge in [0.1, 0.15) is 11.6 Å². The van der Waals surface area contributed by atoms with Gasteiger partial charge in [0.05, 0.1) is 5.75 Å². The second kappa shape index (κ2) is 6.51. The number of anilines is 2. The average Bonchev–Trinajstić information content (AvgIpc) is 2.46. The van der Waals surface area contributed by atoms with E-state index in [0.29, 0.717) is 17.5 Å². The van der Waals surface area contributed by atoms with Crippen LogP contribution in [0.15, 0.2) is 36.4 Å². The molecule has 0 atom stereocenters. The molecule has 2 rings (SSSR count). The van der Waals surface area contributed by atoms with Gasteiger partial charge in [-0.15, -0.1) is 0 Å². The first kappa shape index (κ1) is 15.2. The Labute approximate surface area is 123 Å². The molecule has 8 heteroatoms. The molecular weight excluding hydrogens is 290 g/mol. The van der Waals surface area contributed by atoms with Crippen molar-refractivity contribution >= 4 is 21.7 Å². The molecule has 0 saturated carbocycles. The van der Waals surface area contributed by atoms with Crippen LogP contribution in [0.3, 0.4) is 0 Å². The van der Waals surface area contributed by atoms with Crippen LogP contribution in [0.5, 0.6) is 0 Å². The number of primary sulfonamides is 1. The Bertz CT molecular complexity index is 704. The van der Waals surface area contributed by atoms with Crippen molar-refractivity contribution in [2.24, 2.45) is 5.14 Å². The smallest absolute Gasteiger partial charge is 0.210 e. The topological polar surface area (TPSA) is 110 Å². The maximum Gasteiger partial charge on any atom is 0.210 e. The monoisotopic (exact) mass is 307 g/mol. The summed E-state index contributed by atoms with van der Waals surface area (Å²) in [6.07, 6.45) is 0. The average molecular weight is 307 g/mol. The minimum Gasteiger partial charge on any atom is -0.373 e. The number of nitrogens with two attached hydrogens (primary N) is 1. The summed E-state index contributed by atoms with van der Waals surface area (Å²) in [6, 6.07) is 11.2. The van der Waals surface area contributed by atoms with Crippen molar-refractivity contribution in [3.8, 4) is 11.4 Å². The van der Waals surface area contributed by atoms with Gasteiger partial charge in [-0.1, -0.05) is 30.3 Å². The van der Waals surface area contributed by atoms with Crippen molar-refractivity contribution in [2.75, 3.05) is 30.0 Å². The summed E-state index contributed by atoms with van der Waals surface area (Å²) >= 11 is 0. The molecule has 7 nitrogen and oxygen atoms in total. The predicted octanol–water partition coefficient (Wildman–Crippen LogP) is 0.886. The van der Waals surface area contributed by atoms with Gasteiger partial charge in [-0.2, -0.15) is 0 Å². The van der Waals surface area contributed by atoms with E-state index in [0.717, 1.165) is 5.56 Å². The van der Waals surface area contributed by atoms with Crippen LogP contribution in [0.2, 0.25) is 0 Å². The molecule has 0 radical (unpaired) electrons. The molecule has 4 N–H and O–H groups in total. The maximum atomic E-state index is 10.9. The lowest BCUT2D eigenvalue weighted by Crippen LogP contribution is -2.22. The lowest BCUT2D eigenvalue weighted by molar-refractivity contribution is 0.598. The Balaban J connectivity index is 2.22. The molecule has 1 aromatic heterocycles. The van der Waals surface area contributed by atoms with Gasteiger partial charge in [-0.05, 0) is 0 Å². The lowest BCUT2D eigenvalue weighted by atomic mass is 10.2. The predicted molar refractivity (Wildman–Crippen MR) is 83.5 cm³/mol.